The number of aromatic nitrogens is 1. The number of likely N-dealkylation sites (N-methyl/N-ethyl adjacent to an activating group) is 1. The van der Waals surface area contributed by atoms with Crippen LogP contribution in [0.2, 0.25) is 0 Å². The Balaban J connectivity index is 1.46. The maximum atomic E-state index is 12.3. The highest BCUT2D eigenvalue weighted by Crippen LogP contribution is 2.19. The fourth-order valence-electron chi connectivity index (χ4n) is 3.45. The summed E-state index contributed by atoms with van der Waals surface area (Å²) in [5, 5.41) is 4.07. The lowest BCUT2D eigenvalue weighted by atomic mass is 10.1. The molecule has 25 heavy (non-hydrogen) atoms. The van der Waals surface area contributed by atoms with Crippen molar-refractivity contribution in [2.75, 3.05) is 33.7 Å². The monoisotopic (exact) mass is 342 g/mol. The first-order chi connectivity index (χ1) is 12.1. The van der Waals surface area contributed by atoms with Crippen LogP contribution in [0, 0.1) is 0 Å². The van der Waals surface area contributed by atoms with E-state index in [0.717, 1.165) is 43.3 Å². The largest absolute Gasteiger partial charge is 0.361 e. The molecule has 0 aliphatic carbocycles. The van der Waals surface area contributed by atoms with Crippen molar-refractivity contribution in [2.45, 2.75) is 25.3 Å². The van der Waals surface area contributed by atoms with E-state index in [1.54, 1.807) is 19.0 Å². The molecular formula is C19H26N4O2. The van der Waals surface area contributed by atoms with Gasteiger partial charge in [0.15, 0.2) is 0 Å². The summed E-state index contributed by atoms with van der Waals surface area (Å²) in [5.41, 5.74) is 1.63. The molecule has 1 aromatic heterocycles. The third-order valence-electron chi connectivity index (χ3n) is 4.81. The topological polar surface area (TPSA) is 68.4 Å². The Bertz CT molecular complexity index is 753. The molecule has 1 unspecified atom stereocenters. The Labute approximate surface area is 148 Å². The Morgan fingerprint density at radius 2 is 2.16 bits per heavy atom. The predicted octanol–water partition coefficient (Wildman–Crippen LogP) is 1.84. The van der Waals surface area contributed by atoms with Crippen molar-refractivity contribution >= 4 is 22.7 Å². The molecule has 2 N–H and O–H groups in total. The molecule has 134 valence electrons. The van der Waals surface area contributed by atoms with Gasteiger partial charge in [-0.3, -0.25) is 14.5 Å². The van der Waals surface area contributed by atoms with Gasteiger partial charge in [-0.2, -0.15) is 0 Å². The van der Waals surface area contributed by atoms with Crippen LogP contribution in [-0.4, -0.2) is 66.4 Å². The zero-order valence-corrected chi connectivity index (χ0v) is 14.9. The molecule has 1 atom stereocenters. The van der Waals surface area contributed by atoms with Crippen molar-refractivity contribution in [3.63, 3.8) is 0 Å². The summed E-state index contributed by atoms with van der Waals surface area (Å²) >= 11 is 0. The molecule has 2 aromatic rings. The lowest BCUT2D eigenvalue weighted by molar-refractivity contribution is -0.133. The fraction of sp³-hybridized carbons (Fsp3) is 0.474. The van der Waals surface area contributed by atoms with Crippen molar-refractivity contribution in [3.05, 3.63) is 36.0 Å². The second-order valence-corrected chi connectivity index (χ2v) is 6.82. The first-order valence-corrected chi connectivity index (χ1v) is 8.87. The summed E-state index contributed by atoms with van der Waals surface area (Å²) in [6.07, 6.45) is 4.70. The van der Waals surface area contributed by atoms with Crippen molar-refractivity contribution in [1.82, 2.24) is 20.1 Å². The van der Waals surface area contributed by atoms with E-state index in [4.69, 9.17) is 0 Å². The number of carbonyl (C=O) groups excluding carboxylic acids is 2. The second-order valence-electron chi connectivity index (χ2n) is 6.82. The lowest BCUT2D eigenvalue weighted by Crippen LogP contribution is -2.43. The fourth-order valence-corrected chi connectivity index (χ4v) is 3.45. The van der Waals surface area contributed by atoms with Crippen LogP contribution in [0.4, 0.5) is 0 Å². The molecule has 0 saturated carbocycles. The first kappa shape index (κ1) is 17.5. The minimum absolute atomic E-state index is 0.000914. The van der Waals surface area contributed by atoms with Crippen LogP contribution in [0.1, 0.15) is 29.6 Å². The summed E-state index contributed by atoms with van der Waals surface area (Å²) in [6, 6.07) is 7.65. The molecule has 0 bridgehead atoms. The van der Waals surface area contributed by atoms with Crippen LogP contribution in [0.3, 0.4) is 0 Å². The molecule has 1 aliphatic rings. The number of benzene rings is 1. The summed E-state index contributed by atoms with van der Waals surface area (Å²) in [7, 11) is 3.61. The molecular weight excluding hydrogens is 316 g/mol. The molecule has 1 aromatic carbocycles. The Morgan fingerprint density at radius 3 is 2.96 bits per heavy atom. The van der Waals surface area contributed by atoms with E-state index in [9.17, 15) is 9.59 Å². The van der Waals surface area contributed by atoms with Crippen molar-refractivity contribution in [2.24, 2.45) is 0 Å². The van der Waals surface area contributed by atoms with Gasteiger partial charge in [-0.25, -0.2) is 0 Å². The molecule has 1 fully saturated rings. The second kappa shape index (κ2) is 7.70. The van der Waals surface area contributed by atoms with E-state index in [-0.39, 0.29) is 17.9 Å². The molecule has 0 radical (unpaired) electrons. The van der Waals surface area contributed by atoms with Crippen molar-refractivity contribution < 1.29 is 9.59 Å². The average Bonchev–Trinajstić information content (AvgIpc) is 3.25. The molecule has 3 rings (SSSR count). The van der Waals surface area contributed by atoms with Gasteiger partial charge in [-0.1, -0.05) is 6.07 Å². The highest BCUT2D eigenvalue weighted by atomic mass is 16.2. The van der Waals surface area contributed by atoms with Gasteiger partial charge in [0.05, 0.1) is 6.04 Å². The van der Waals surface area contributed by atoms with E-state index in [0.29, 0.717) is 12.1 Å². The molecule has 2 amide bonds. The zero-order valence-electron chi connectivity index (χ0n) is 14.9. The number of hydrogen-bond acceptors (Lipinski definition) is 3. The van der Waals surface area contributed by atoms with Gasteiger partial charge in [0, 0.05) is 44.5 Å². The summed E-state index contributed by atoms with van der Waals surface area (Å²) in [6.45, 7) is 2.41. The third kappa shape index (κ3) is 4.02. The molecule has 1 aliphatic heterocycles. The SMILES string of the molecule is CN(C)C(=O)C1CCCN1CCCNC(=O)c1ccc2cc[nH]c2c1. The van der Waals surface area contributed by atoms with Crippen molar-refractivity contribution in [1.29, 1.82) is 0 Å². The van der Waals surface area contributed by atoms with E-state index in [1.807, 2.05) is 30.5 Å². The predicted molar refractivity (Wildman–Crippen MR) is 98.5 cm³/mol. The van der Waals surface area contributed by atoms with E-state index >= 15 is 0 Å². The van der Waals surface area contributed by atoms with Crippen LogP contribution in [0.25, 0.3) is 10.9 Å². The number of amides is 2. The summed E-state index contributed by atoms with van der Waals surface area (Å²) in [4.78, 5) is 31.5. The smallest absolute Gasteiger partial charge is 0.251 e. The maximum Gasteiger partial charge on any atom is 0.251 e. The van der Waals surface area contributed by atoms with Crippen LogP contribution in [0.5, 0.6) is 0 Å². The van der Waals surface area contributed by atoms with Gasteiger partial charge in [0.2, 0.25) is 5.91 Å². The van der Waals surface area contributed by atoms with Gasteiger partial charge in [-0.05, 0) is 49.4 Å². The highest BCUT2D eigenvalue weighted by Gasteiger charge is 2.30. The highest BCUT2D eigenvalue weighted by molar-refractivity contribution is 5.97. The van der Waals surface area contributed by atoms with Gasteiger partial charge in [0.25, 0.3) is 5.91 Å². The van der Waals surface area contributed by atoms with Gasteiger partial charge >= 0.3 is 0 Å². The number of hydrogen-bond donors (Lipinski definition) is 2. The third-order valence-corrected chi connectivity index (χ3v) is 4.81. The molecule has 6 nitrogen and oxygen atoms in total. The molecule has 0 spiro atoms. The number of likely N-dealkylation sites (tertiary alicyclic amines) is 1. The van der Waals surface area contributed by atoms with E-state index in [1.165, 1.54) is 0 Å². The maximum absolute atomic E-state index is 12.3. The van der Waals surface area contributed by atoms with E-state index in [2.05, 4.69) is 15.2 Å². The number of fused-ring (bicyclic) bond motifs is 1. The molecule has 2 heterocycles. The summed E-state index contributed by atoms with van der Waals surface area (Å²) < 4.78 is 0. The minimum atomic E-state index is -0.0566. The molecule has 1 saturated heterocycles. The number of aromatic amines is 1. The van der Waals surface area contributed by atoms with Gasteiger partial charge in [-0.15, -0.1) is 0 Å². The number of nitrogens with zero attached hydrogens (tertiary/aromatic N) is 2. The lowest BCUT2D eigenvalue weighted by Gasteiger charge is -2.26. The van der Waals surface area contributed by atoms with Crippen LogP contribution >= 0.6 is 0 Å². The molecule has 6 heteroatoms. The van der Waals surface area contributed by atoms with Crippen molar-refractivity contribution in [3.8, 4) is 0 Å². The number of nitrogens with one attached hydrogen (secondary N) is 2. The normalized spacial score (nSPS) is 17.8. The summed E-state index contributed by atoms with van der Waals surface area (Å²) in [5.74, 6) is 0.125. The number of H-pyrrole nitrogens is 1. The average molecular weight is 342 g/mol. The minimum Gasteiger partial charge on any atom is -0.361 e. The van der Waals surface area contributed by atoms with Gasteiger partial charge in [0.1, 0.15) is 0 Å². The number of rotatable bonds is 6. The van der Waals surface area contributed by atoms with Crippen LogP contribution in [0.15, 0.2) is 30.5 Å². The van der Waals surface area contributed by atoms with Gasteiger partial charge < -0.3 is 15.2 Å². The van der Waals surface area contributed by atoms with Crippen LogP contribution in [-0.2, 0) is 4.79 Å². The quantitative estimate of drug-likeness (QED) is 0.787. The first-order valence-electron chi connectivity index (χ1n) is 8.87. The Morgan fingerprint density at radius 1 is 1.32 bits per heavy atom. The Hall–Kier alpha value is -2.34. The van der Waals surface area contributed by atoms with Crippen LogP contribution < -0.4 is 5.32 Å². The zero-order chi connectivity index (χ0) is 17.8. The van der Waals surface area contributed by atoms with E-state index < -0.39 is 0 Å². The number of carbonyl (C=O) groups is 2. The standard InChI is InChI=1S/C19H26N4O2/c1-22(2)19(25)17-5-3-11-23(17)12-4-9-21-18(24)15-7-6-14-8-10-20-16(14)13-15/h6-8,10,13,17,20H,3-5,9,11-12H2,1-2H3,(H,21,24). The Kier molecular flexibility index (Phi) is 5.38.